The molecule has 1 aliphatic heterocycles. The molecule has 1 N–H and O–H groups in total. The number of anilines is 1. The van der Waals surface area contributed by atoms with Crippen LogP contribution in [0.4, 0.5) is 10.1 Å². The number of benzene rings is 1. The van der Waals surface area contributed by atoms with E-state index in [1.54, 1.807) is 29.2 Å². The van der Waals surface area contributed by atoms with Gasteiger partial charge in [0.1, 0.15) is 11.9 Å². The number of carbonyl (C=O) groups is 2. The number of halogens is 2. The third-order valence-electron chi connectivity index (χ3n) is 3.45. The maximum absolute atomic E-state index is 12.9. The molecule has 1 fully saturated rings. The lowest BCUT2D eigenvalue weighted by Gasteiger charge is -2.17. The molecule has 2 aromatic rings. The Hall–Kier alpha value is -1.92. The van der Waals surface area contributed by atoms with E-state index in [2.05, 4.69) is 5.32 Å². The molecule has 2 heterocycles. The number of nitrogens with zero attached hydrogens (tertiary/aromatic N) is 1. The van der Waals surface area contributed by atoms with Crippen LogP contribution in [0.25, 0.3) is 0 Å². The number of thiophene rings is 1. The average molecular weight is 339 g/mol. The van der Waals surface area contributed by atoms with Gasteiger partial charge in [0.05, 0.1) is 9.21 Å². The van der Waals surface area contributed by atoms with Crippen molar-refractivity contribution in [2.24, 2.45) is 0 Å². The molecule has 1 aliphatic rings. The molecule has 0 saturated carbocycles. The van der Waals surface area contributed by atoms with Crippen molar-refractivity contribution in [1.29, 1.82) is 0 Å². The quantitative estimate of drug-likeness (QED) is 0.935. The van der Waals surface area contributed by atoms with Crippen molar-refractivity contribution >= 4 is 40.4 Å². The first-order valence-corrected chi connectivity index (χ1v) is 7.87. The van der Waals surface area contributed by atoms with E-state index in [1.165, 1.54) is 23.5 Å². The van der Waals surface area contributed by atoms with Crippen molar-refractivity contribution in [3.05, 3.63) is 51.4 Å². The van der Waals surface area contributed by atoms with Gasteiger partial charge in [-0.15, -0.1) is 11.3 Å². The number of amides is 2. The van der Waals surface area contributed by atoms with Gasteiger partial charge in [0.25, 0.3) is 5.91 Å². The van der Waals surface area contributed by atoms with Gasteiger partial charge in [-0.25, -0.2) is 4.39 Å². The summed E-state index contributed by atoms with van der Waals surface area (Å²) in [5.41, 5.74) is 0.627. The van der Waals surface area contributed by atoms with Crippen LogP contribution < -0.4 is 10.2 Å². The van der Waals surface area contributed by atoms with Gasteiger partial charge < -0.3 is 10.2 Å². The predicted molar refractivity (Wildman–Crippen MR) is 84.0 cm³/mol. The third kappa shape index (κ3) is 2.98. The molecule has 1 aromatic carbocycles. The van der Waals surface area contributed by atoms with Crippen LogP contribution >= 0.6 is 22.9 Å². The Morgan fingerprint density at radius 1 is 1.27 bits per heavy atom. The minimum absolute atomic E-state index is 0.192. The summed E-state index contributed by atoms with van der Waals surface area (Å²) in [6.45, 7) is 0.487. The van der Waals surface area contributed by atoms with Crippen molar-refractivity contribution in [1.82, 2.24) is 5.32 Å². The normalized spacial score (nSPS) is 17.8. The SMILES string of the molecule is O=C(N[C@@H]1CCN(c2ccc(F)cc2)C1=O)c1ccc(Cl)s1. The zero-order chi connectivity index (χ0) is 15.7. The molecule has 22 heavy (non-hydrogen) atoms. The fourth-order valence-electron chi connectivity index (χ4n) is 2.36. The molecule has 0 unspecified atom stereocenters. The number of carbonyl (C=O) groups excluding carboxylic acids is 2. The van der Waals surface area contributed by atoms with Gasteiger partial charge in [0, 0.05) is 12.2 Å². The second kappa shape index (κ2) is 6.06. The summed E-state index contributed by atoms with van der Waals surface area (Å²) in [4.78, 5) is 26.4. The van der Waals surface area contributed by atoms with Crippen molar-refractivity contribution < 1.29 is 14.0 Å². The van der Waals surface area contributed by atoms with E-state index in [1.807, 2.05) is 0 Å². The number of nitrogens with one attached hydrogen (secondary N) is 1. The fraction of sp³-hybridized carbons (Fsp3) is 0.200. The largest absolute Gasteiger partial charge is 0.339 e. The first kappa shape index (κ1) is 15.0. The molecule has 3 rings (SSSR count). The maximum Gasteiger partial charge on any atom is 0.262 e. The van der Waals surface area contributed by atoms with Gasteiger partial charge in [-0.05, 0) is 42.8 Å². The zero-order valence-corrected chi connectivity index (χ0v) is 13.0. The first-order chi connectivity index (χ1) is 10.5. The van der Waals surface area contributed by atoms with Gasteiger partial charge in [-0.1, -0.05) is 11.6 Å². The smallest absolute Gasteiger partial charge is 0.262 e. The van der Waals surface area contributed by atoms with Gasteiger partial charge in [0.2, 0.25) is 5.91 Å². The van der Waals surface area contributed by atoms with Crippen molar-refractivity contribution in [3.63, 3.8) is 0 Å². The number of rotatable bonds is 3. The van der Waals surface area contributed by atoms with Crippen LogP contribution in [-0.2, 0) is 4.79 Å². The van der Waals surface area contributed by atoms with Crippen LogP contribution in [0.1, 0.15) is 16.1 Å². The molecular weight excluding hydrogens is 327 g/mol. The minimum Gasteiger partial charge on any atom is -0.339 e. The van der Waals surface area contributed by atoms with Gasteiger partial charge in [-0.3, -0.25) is 9.59 Å². The molecule has 1 atom stereocenters. The first-order valence-electron chi connectivity index (χ1n) is 6.68. The summed E-state index contributed by atoms with van der Waals surface area (Å²) in [5.74, 6) is -0.853. The highest BCUT2D eigenvalue weighted by Crippen LogP contribution is 2.24. The third-order valence-corrected chi connectivity index (χ3v) is 4.68. The molecular formula is C15H12ClFN2O2S. The van der Waals surface area contributed by atoms with Gasteiger partial charge in [0.15, 0.2) is 0 Å². The molecule has 4 nitrogen and oxygen atoms in total. The molecule has 114 valence electrons. The lowest BCUT2D eigenvalue weighted by molar-refractivity contribution is -0.118. The van der Waals surface area contributed by atoms with E-state index in [0.717, 1.165) is 0 Å². The Bertz CT molecular complexity index is 717. The monoisotopic (exact) mass is 338 g/mol. The number of hydrogen-bond donors (Lipinski definition) is 1. The summed E-state index contributed by atoms with van der Waals surface area (Å²) in [6.07, 6.45) is 0.515. The highest BCUT2D eigenvalue weighted by atomic mass is 35.5. The second-order valence-electron chi connectivity index (χ2n) is 4.88. The van der Waals surface area contributed by atoms with E-state index in [4.69, 9.17) is 11.6 Å². The average Bonchev–Trinajstić information content (AvgIpc) is 3.08. The summed E-state index contributed by atoms with van der Waals surface area (Å²) in [6, 6.07) is 8.41. The predicted octanol–water partition coefficient (Wildman–Crippen LogP) is 3.08. The number of hydrogen-bond acceptors (Lipinski definition) is 3. The van der Waals surface area contributed by atoms with Crippen molar-refractivity contribution in [3.8, 4) is 0 Å². The van der Waals surface area contributed by atoms with Crippen LogP contribution in [0.3, 0.4) is 0 Å². The van der Waals surface area contributed by atoms with E-state index < -0.39 is 6.04 Å². The van der Waals surface area contributed by atoms with Crippen LogP contribution in [-0.4, -0.2) is 24.4 Å². The Morgan fingerprint density at radius 3 is 2.64 bits per heavy atom. The summed E-state index contributed by atoms with van der Waals surface area (Å²) in [7, 11) is 0. The highest BCUT2D eigenvalue weighted by Gasteiger charge is 2.33. The minimum atomic E-state index is -0.571. The lowest BCUT2D eigenvalue weighted by Crippen LogP contribution is -2.41. The Labute approximate surface area is 135 Å². The molecule has 2 amide bonds. The van der Waals surface area contributed by atoms with Gasteiger partial charge in [-0.2, -0.15) is 0 Å². The molecule has 0 spiro atoms. The maximum atomic E-state index is 12.9. The zero-order valence-electron chi connectivity index (χ0n) is 11.4. The Balaban J connectivity index is 1.68. The fourth-order valence-corrected chi connectivity index (χ4v) is 3.30. The summed E-state index contributed by atoms with van der Waals surface area (Å²) in [5, 5.41) is 2.72. The lowest BCUT2D eigenvalue weighted by atomic mass is 10.2. The van der Waals surface area contributed by atoms with Crippen LogP contribution in [0.2, 0.25) is 4.34 Å². The van der Waals surface area contributed by atoms with Crippen molar-refractivity contribution in [2.75, 3.05) is 11.4 Å². The van der Waals surface area contributed by atoms with Crippen LogP contribution in [0.5, 0.6) is 0 Å². The van der Waals surface area contributed by atoms with E-state index in [9.17, 15) is 14.0 Å². The van der Waals surface area contributed by atoms with Crippen LogP contribution in [0, 0.1) is 5.82 Å². The molecule has 1 aromatic heterocycles. The molecule has 0 radical (unpaired) electrons. The summed E-state index contributed by atoms with van der Waals surface area (Å²) >= 11 is 6.96. The highest BCUT2D eigenvalue weighted by molar-refractivity contribution is 7.18. The van der Waals surface area contributed by atoms with E-state index >= 15 is 0 Å². The standard InChI is InChI=1S/C15H12ClFN2O2S/c16-13-6-5-12(22-13)14(20)18-11-7-8-19(15(11)21)10-3-1-9(17)2-4-10/h1-6,11H,7-8H2,(H,18,20)/t11-/m1/s1. The summed E-state index contributed by atoms with van der Waals surface area (Å²) < 4.78 is 13.5. The van der Waals surface area contributed by atoms with Crippen LogP contribution in [0.15, 0.2) is 36.4 Å². The molecule has 1 saturated heterocycles. The molecule has 7 heteroatoms. The van der Waals surface area contributed by atoms with Crippen molar-refractivity contribution in [2.45, 2.75) is 12.5 Å². The molecule has 0 bridgehead atoms. The van der Waals surface area contributed by atoms with Gasteiger partial charge >= 0.3 is 0 Å². The Morgan fingerprint density at radius 2 is 2.00 bits per heavy atom. The van der Waals surface area contributed by atoms with E-state index in [0.29, 0.717) is 27.9 Å². The topological polar surface area (TPSA) is 49.4 Å². The second-order valence-corrected chi connectivity index (χ2v) is 6.60. The van der Waals surface area contributed by atoms with E-state index in [-0.39, 0.29) is 17.6 Å². The molecule has 0 aliphatic carbocycles. The Kier molecular flexibility index (Phi) is 4.13.